The van der Waals surface area contributed by atoms with E-state index in [4.69, 9.17) is 16.3 Å². The maximum absolute atomic E-state index is 11.2. The number of rotatable bonds is 4. The predicted octanol–water partition coefficient (Wildman–Crippen LogP) is 3.50. The first kappa shape index (κ1) is 13.4. The first-order valence-electron chi connectivity index (χ1n) is 5.74. The van der Waals surface area contributed by atoms with Crippen LogP contribution in [0.3, 0.4) is 0 Å². The van der Waals surface area contributed by atoms with Gasteiger partial charge in [-0.05, 0) is 19.1 Å². The summed E-state index contributed by atoms with van der Waals surface area (Å²) in [6, 6.07) is 8.61. The SMILES string of the molecule is CCOc1cnc(-c2ccccc2Cl)cc1C(=O)O. The number of aromatic nitrogens is 1. The lowest BCUT2D eigenvalue weighted by molar-refractivity contribution is 0.0692. The van der Waals surface area contributed by atoms with Crippen LogP contribution in [0.25, 0.3) is 11.3 Å². The first-order valence-corrected chi connectivity index (χ1v) is 6.12. The van der Waals surface area contributed by atoms with E-state index in [1.54, 1.807) is 25.1 Å². The topological polar surface area (TPSA) is 59.4 Å². The number of carbonyl (C=O) groups is 1. The van der Waals surface area contributed by atoms with Crippen molar-refractivity contribution >= 4 is 17.6 Å². The highest BCUT2D eigenvalue weighted by atomic mass is 35.5. The Morgan fingerprint density at radius 2 is 2.16 bits per heavy atom. The molecule has 4 nitrogen and oxygen atoms in total. The molecule has 0 aliphatic heterocycles. The molecule has 0 fully saturated rings. The third-order valence-electron chi connectivity index (χ3n) is 2.55. The lowest BCUT2D eigenvalue weighted by atomic mass is 10.1. The van der Waals surface area contributed by atoms with E-state index in [-0.39, 0.29) is 11.3 Å². The van der Waals surface area contributed by atoms with Crippen LogP contribution in [0.1, 0.15) is 17.3 Å². The molecule has 0 saturated heterocycles. The van der Waals surface area contributed by atoms with E-state index < -0.39 is 5.97 Å². The van der Waals surface area contributed by atoms with Gasteiger partial charge in [0.25, 0.3) is 0 Å². The zero-order valence-electron chi connectivity index (χ0n) is 10.3. The van der Waals surface area contributed by atoms with Crippen molar-refractivity contribution in [2.24, 2.45) is 0 Å². The van der Waals surface area contributed by atoms with Crippen molar-refractivity contribution in [3.05, 3.63) is 47.1 Å². The van der Waals surface area contributed by atoms with Crippen LogP contribution in [0.4, 0.5) is 0 Å². The van der Waals surface area contributed by atoms with Crippen LogP contribution in [0.15, 0.2) is 36.5 Å². The molecule has 0 atom stereocenters. The number of ether oxygens (including phenoxy) is 1. The number of aromatic carboxylic acids is 1. The van der Waals surface area contributed by atoms with Crippen molar-refractivity contribution in [3.8, 4) is 17.0 Å². The number of carboxylic acids is 1. The molecular weight excluding hydrogens is 266 g/mol. The molecule has 0 aliphatic rings. The highest BCUT2D eigenvalue weighted by molar-refractivity contribution is 6.33. The summed E-state index contributed by atoms with van der Waals surface area (Å²) in [7, 11) is 0. The van der Waals surface area contributed by atoms with Crippen LogP contribution in [0, 0.1) is 0 Å². The summed E-state index contributed by atoms with van der Waals surface area (Å²) in [5.41, 5.74) is 1.27. The second kappa shape index (κ2) is 5.71. The number of benzene rings is 1. The summed E-state index contributed by atoms with van der Waals surface area (Å²) in [6.07, 6.45) is 1.41. The molecule has 0 unspecified atom stereocenters. The van der Waals surface area contributed by atoms with Gasteiger partial charge in [0.1, 0.15) is 5.56 Å². The van der Waals surface area contributed by atoms with Gasteiger partial charge >= 0.3 is 5.97 Å². The number of pyridine rings is 1. The second-order valence-electron chi connectivity index (χ2n) is 3.78. The highest BCUT2D eigenvalue weighted by Gasteiger charge is 2.14. The van der Waals surface area contributed by atoms with Crippen molar-refractivity contribution in [1.29, 1.82) is 0 Å². The summed E-state index contributed by atoms with van der Waals surface area (Å²) >= 11 is 6.07. The van der Waals surface area contributed by atoms with Gasteiger partial charge in [0.2, 0.25) is 0 Å². The monoisotopic (exact) mass is 277 g/mol. The van der Waals surface area contributed by atoms with Crippen molar-refractivity contribution in [2.75, 3.05) is 6.61 Å². The minimum atomic E-state index is -1.06. The molecule has 2 aromatic rings. The number of hydrogen-bond acceptors (Lipinski definition) is 3. The molecule has 0 saturated carbocycles. The van der Waals surface area contributed by atoms with Gasteiger partial charge in [0.05, 0.1) is 18.5 Å². The molecule has 0 amide bonds. The Morgan fingerprint density at radius 3 is 2.79 bits per heavy atom. The quantitative estimate of drug-likeness (QED) is 0.929. The van der Waals surface area contributed by atoms with Crippen molar-refractivity contribution in [2.45, 2.75) is 6.92 Å². The fraction of sp³-hybridized carbons (Fsp3) is 0.143. The molecule has 2 rings (SSSR count). The molecule has 0 bridgehead atoms. The summed E-state index contributed by atoms with van der Waals surface area (Å²) in [5.74, 6) is -0.801. The maximum Gasteiger partial charge on any atom is 0.339 e. The largest absolute Gasteiger partial charge is 0.491 e. The Balaban J connectivity index is 2.52. The van der Waals surface area contributed by atoms with E-state index in [1.165, 1.54) is 12.3 Å². The molecule has 0 spiro atoms. The van der Waals surface area contributed by atoms with E-state index in [1.807, 2.05) is 6.07 Å². The number of nitrogens with zero attached hydrogens (tertiary/aromatic N) is 1. The Kier molecular flexibility index (Phi) is 4.02. The predicted molar refractivity (Wildman–Crippen MR) is 72.8 cm³/mol. The van der Waals surface area contributed by atoms with Gasteiger partial charge in [-0.15, -0.1) is 0 Å². The standard InChI is InChI=1S/C14H12ClNO3/c1-2-19-13-8-16-12(7-10(13)14(17)18)9-5-3-4-6-11(9)15/h3-8H,2H2,1H3,(H,17,18). The second-order valence-corrected chi connectivity index (χ2v) is 4.19. The smallest absolute Gasteiger partial charge is 0.339 e. The molecule has 0 radical (unpaired) electrons. The molecule has 98 valence electrons. The van der Waals surface area contributed by atoms with Gasteiger partial charge in [-0.2, -0.15) is 0 Å². The molecule has 1 heterocycles. The fourth-order valence-electron chi connectivity index (χ4n) is 1.70. The molecular formula is C14H12ClNO3. The van der Waals surface area contributed by atoms with Crippen LogP contribution in [0.2, 0.25) is 5.02 Å². The third kappa shape index (κ3) is 2.85. The van der Waals surface area contributed by atoms with Crippen molar-refractivity contribution in [3.63, 3.8) is 0 Å². The van der Waals surface area contributed by atoms with Crippen LogP contribution in [-0.2, 0) is 0 Å². The van der Waals surface area contributed by atoms with Gasteiger partial charge in [-0.25, -0.2) is 4.79 Å². The molecule has 5 heteroatoms. The maximum atomic E-state index is 11.2. The minimum Gasteiger partial charge on any atom is -0.491 e. The van der Waals surface area contributed by atoms with Gasteiger partial charge in [-0.1, -0.05) is 29.8 Å². The summed E-state index contributed by atoms with van der Waals surface area (Å²) in [6.45, 7) is 2.17. The fourth-order valence-corrected chi connectivity index (χ4v) is 1.93. The zero-order chi connectivity index (χ0) is 13.8. The Labute approximate surface area is 115 Å². The highest BCUT2D eigenvalue weighted by Crippen LogP contribution is 2.29. The van der Waals surface area contributed by atoms with E-state index in [2.05, 4.69) is 4.98 Å². The first-order chi connectivity index (χ1) is 9.13. The van der Waals surface area contributed by atoms with Crippen LogP contribution < -0.4 is 4.74 Å². The average Bonchev–Trinajstić information content (AvgIpc) is 2.40. The van der Waals surface area contributed by atoms with Gasteiger partial charge in [0, 0.05) is 10.6 Å². The number of carboxylic acid groups (broad SMARTS) is 1. The van der Waals surface area contributed by atoms with E-state index in [9.17, 15) is 9.90 Å². The van der Waals surface area contributed by atoms with Crippen LogP contribution in [0.5, 0.6) is 5.75 Å². The summed E-state index contributed by atoms with van der Waals surface area (Å²) in [4.78, 5) is 15.4. The Bertz CT molecular complexity index is 613. The van der Waals surface area contributed by atoms with Crippen LogP contribution in [-0.4, -0.2) is 22.7 Å². The van der Waals surface area contributed by atoms with Crippen LogP contribution >= 0.6 is 11.6 Å². The van der Waals surface area contributed by atoms with E-state index in [0.29, 0.717) is 22.9 Å². The molecule has 19 heavy (non-hydrogen) atoms. The van der Waals surface area contributed by atoms with Gasteiger partial charge < -0.3 is 9.84 Å². The molecule has 1 N–H and O–H groups in total. The van der Waals surface area contributed by atoms with E-state index in [0.717, 1.165) is 0 Å². The van der Waals surface area contributed by atoms with E-state index >= 15 is 0 Å². The van der Waals surface area contributed by atoms with Gasteiger partial charge in [-0.3, -0.25) is 4.98 Å². The molecule has 0 aliphatic carbocycles. The van der Waals surface area contributed by atoms with Crippen molar-refractivity contribution in [1.82, 2.24) is 4.98 Å². The summed E-state index contributed by atoms with van der Waals surface area (Å²) in [5, 5.41) is 9.72. The minimum absolute atomic E-state index is 0.0757. The Hall–Kier alpha value is -2.07. The summed E-state index contributed by atoms with van der Waals surface area (Å²) < 4.78 is 5.24. The normalized spacial score (nSPS) is 10.2. The Morgan fingerprint density at radius 1 is 1.42 bits per heavy atom. The molecule has 1 aromatic heterocycles. The van der Waals surface area contributed by atoms with Crippen molar-refractivity contribution < 1.29 is 14.6 Å². The molecule has 1 aromatic carbocycles. The number of halogens is 1. The average molecular weight is 278 g/mol. The van der Waals surface area contributed by atoms with Gasteiger partial charge in [0.15, 0.2) is 5.75 Å². The lowest BCUT2D eigenvalue weighted by Crippen LogP contribution is -2.04. The number of hydrogen-bond donors (Lipinski definition) is 1. The third-order valence-corrected chi connectivity index (χ3v) is 2.88. The lowest BCUT2D eigenvalue weighted by Gasteiger charge is -2.09. The zero-order valence-corrected chi connectivity index (χ0v) is 11.0.